The minimum absolute atomic E-state index is 0.440. The van der Waals surface area contributed by atoms with Gasteiger partial charge in [-0.2, -0.15) is 5.48 Å². The van der Waals surface area contributed by atoms with Gasteiger partial charge in [0.25, 0.3) is 0 Å². The van der Waals surface area contributed by atoms with E-state index in [1.54, 1.807) is 7.11 Å². The summed E-state index contributed by atoms with van der Waals surface area (Å²) in [6.07, 6.45) is 2.52. The Hall–Kier alpha value is -0.160. The number of likely N-dealkylation sites (tertiary alicyclic amines) is 1. The van der Waals surface area contributed by atoms with Crippen LogP contribution in [0.15, 0.2) is 0 Å². The zero-order valence-electron chi connectivity index (χ0n) is 10.2. The molecule has 1 fully saturated rings. The summed E-state index contributed by atoms with van der Waals surface area (Å²) in [7, 11) is 3.87. The third-order valence-electron chi connectivity index (χ3n) is 3.13. The predicted octanol–water partition coefficient (Wildman–Crippen LogP) is 0.884. The fourth-order valence-electron chi connectivity index (χ4n) is 1.94. The van der Waals surface area contributed by atoms with Gasteiger partial charge in [0.05, 0.1) is 13.2 Å². The van der Waals surface area contributed by atoms with Gasteiger partial charge in [-0.25, -0.2) is 0 Å². The summed E-state index contributed by atoms with van der Waals surface area (Å²) >= 11 is 0. The molecule has 1 rings (SSSR count). The molecule has 1 unspecified atom stereocenters. The molecule has 15 heavy (non-hydrogen) atoms. The largest absolute Gasteiger partial charge is 0.382 e. The van der Waals surface area contributed by atoms with Crippen LogP contribution in [0.2, 0.25) is 0 Å². The van der Waals surface area contributed by atoms with Crippen LogP contribution in [0.25, 0.3) is 0 Å². The molecule has 4 heteroatoms. The van der Waals surface area contributed by atoms with Crippen LogP contribution in [0.5, 0.6) is 0 Å². The van der Waals surface area contributed by atoms with Crippen molar-refractivity contribution in [3.8, 4) is 0 Å². The van der Waals surface area contributed by atoms with Gasteiger partial charge in [-0.3, -0.25) is 4.84 Å². The Morgan fingerprint density at radius 3 is 2.60 bits per heavy atom. The van der Waals surface area contributed by atoms with Crippen LogP contribution in [0.4, 0.5) is 0 Å². The lowest BCUT2D eigenvalue weighted by molar-refractivity contribution is -0.0244. The Labute approximate surface area is 92.9 Å². The molecule has 0 spiro atoms. The van der Waals surface area contributed by atoms with Crippen molar-refractivity contribution in [2.75, 3.05) is 40.5 Å². The number of rotatable bonds is 6. The summed E-state index contributed by atoms with van der Waals surface area (Å²) in [6, 6.07) is 0.440. The highest BCUT2D eigenvalue weighted by atomic mass is 16.7. The monoisotopic (exact) mass is 216 g/mol. The summed E-state index contributed by atoms with van der Waals surface area (Å²) in [5.74, 6) is 0.740. The van der Waals surface area contributed by atoms with Crippen LogP contribution < -0.4 is 5.48 Å². The molecule has 0 radical (unpaired) electrons. The SMILES string of the molecule is COCCONC(C)C1CCN(C)CC1. The molecule has 0 aromatic carbocycles. The molecule has 0 amide bonds. The molecule has 0 saturated carbocycles. The third kappa shape index (κ3) is 4.93. The fourth-order valence-corrected chi connectivity index (χ4v) is 1.94. The van der Waals surface area contributed by atoms with Crippen LogP contribution in [-0.4, -0.2) is 51.4 Å². The van der Waals surface area contributed by atoms with Crippen molar-refractivity contribution in [3.05, 3.63) is 0 Å². The normalized spacial score (nSPS) is 21.8. The Kier molecular flexibility index (Phi) is 6.17. The highest BCUT2D eigenvalue weighted by Gasteiger charge is 2.21. The molecule has 90 valence electrons. The minimum atomic E-state index is 0.440. The molecule has 0 aliphatic carbocycles. The molecule has 1 aliphatic rings. The summed E-state index contributed by atoms with van der Waals surface area (Å²) in [4.78, 5) is 7.71. The Balaban J connectivity index is 2.08. The zero-order chi connectivity index (χ0) is 11.1. The molecule has 4 nitrogen and oxygen atoms in total. The van der Waals surface area contributed by atoms with Gasteiger partial charge >= 0.3 is 0 Å². The Morgan fingerprint density at radius 1 is 1.33 bits per heavy atom. The van der Waals surface area contributed by atoms with E-state index >= 15 is 0 Å². The smallest absolute Gasteiger partial charge is 0.0915 e. The zero-order valence-corrected chi connectivity index (χ0v) is 10.2. The van der Waals surface area contributed by atoms with Crippen molar-refractivity contribution in [2.24, 2.45) is 5.92 Å². The van der Waals surface area contributed by atoms with Crippen molar-refractivity contribution < 1.29 is 9.57 Å². The van der Waals surface area contributed by atoms with E-state index in [0.29, 0.717) is 19.3 Å². The molecule has 0 aromatic rings. The first-order valence-electron chi connectivity index (χ1n) is 5.79. The molecule has 0 aromatic heterocycles. The van der Waals surface area contributed by atoms with Gasteiger partial charge in [0.1, 0.15) is 0 Å². The van der Waals surface area contributed by atoms with Gasteiger partial charge in [-0.05, 0) is 45.8 Å². The van der Waals surface area contributed by atoms with Gasteiger partial charge < -0.3 is 9.64 Å². The number of hydrogen-bond donors (Lipinski definition) is 1. The van der Waals surface area contributed by atoms with E-state index in [0.717, 1.165) is 5.92 Å². The maximum atomic E-state index is 5.33. The lowest BCUT2D eigenvalue weighted by Gasteiger charge is -2.32. The quantitative estimate of drug-likeness (QED) is 0.528. The van der Waals surface area contributed by atoms with Gasteiger partial charge in [0, 0.05) is 13.2 Å². The van der Waals surface area contributed by atoms with Crippen LogP contribution in [0, 0.1) is 5.92 Å². The summed E-state index contributed by atoms with van der Waals surface area (Å²) in [6.45, 7) is 5.87. The maximum Gasteiger partial charge on any atom is 0.0915 e. The third-order valence-corrected chi connectivity index (χ3v) is 3.13. The topological polar surface area (TPSA) is 33.7 Å². The van der Waals surface area contributed by atoms with E-state index in [9.17, 15) is 0 Å². The van der Waals surface area contributed by atoms with E-state index in [-0.39, 0.29) is 0 Å². The number of hydroxylamine groups is 1. The first-order valence-corrected chi connectivity index (χ1v) is 5.79. The van der Waals surface area contributed by atoms with Crippen molar-refractivity contribution >= 4 is 0 Å². The predicted molar refractivity (Wildman–Crippen MR) is 60.6 cm³/mol. The molecule has 1 saturated heterocycles. The average molecular weight is 216 g/mol. The molecular weight excluding hydrogens is 192 g/mol. The Morgan fingerprint density at radius 2 is 2.00 bits per heavy atom. The number of nitrogens with one attached hydrogen (secondary N) is 1. The van der Waals surface area contributed by atoms with Crippen molar-refractivity contribution in [2.45, 2.75) is 25.8 Å². The molecular formula is C11H24N2O2. The second-order valence-corrected chi connectivity index (χ2v) is 4.39. The van der Waals surface area contributed by atoms with Crippen LogP contribution in [0.3, 0.4) is 0 Å². The molecule has 1 aliphatic heterocycles. The molecule has 1 N–H and O–H groups in total. The second kappa shape index (κ2) is 7.17. The lowest BCUT2D eigenvalue weighted by atomic mass is 9.91. The second-order valence-electron chi connectivity index (χ2n) is 4.39. The van der Waals surface area contributed by atoms with Crippen molar-refractivity contribution in [3.63, 3.8) is 0 Å². The number of nitrogens with zero attached hydrogens (tertiary/aromatic N) is 1. The summed E-state index contributed by atoms with van der Waals surface area (Å²) < 4.78 is 4.91. The van der Waals surface area contributed by atoms with Gasteiger partial charge in [0.2, 0.25) is 0 Å². The van der Waals surface area contributed by atoms with E-state index in [1.165, 1.54) is 25.9 Å². The van der Waals surface area contributed by atoms with Gasteiger partial charge in [-0.15, -0.1) is 0 Å². The van der Waals surface area contributed by atoms with E-state index in [2.05, 4.69) is 24.4 Å². The number of piperidine rings is 1. The fraction of sp³-hybridized carbons (Fsp3) is 1.00. The molecule has 1 heterocycles. The average Bonchev–Trinajstić information content (AvgIpc) is 2.25. The van der Waals surface area contributed by atoms with E-state index in [1.807, 2.05) is 0 Å². The highest BCUT2D eigenvalue weighted by molar-refractivity contribution is 4.76. The molecule has 0 bridgehead atoms. The van der Waals surface area contributed by atoms with Crippen molar-refractivity contribution in [1.29, 1.82) is 0 Å². The summed E-state index contributed by atoms with van der Waals surface area (Å²) in [5.41, 5.74) is 3.10. The standard InChI is InChI=1S/C11H24N2O2/c1-10(12-15-9-8-14-3)11-4-6-13(2)7-5-11/h10-12H,4-9H2,1-3H3. The van der Waals surface area contributed by atoms with Crippen LogP contribution in [-0.2, 0) is 9.57 Å². The summed E-state index contributed by atoms with van der Waals surface area (Å²) in [5, 5.41) is 0. The van der Waals surface area contributed by atoms with Crippen molar-refractivity contribution in [1.82, 2.24) is 10.4 Å². The van der Waals surface area contributed by atoms with Crippen LogP contribution in [0.1, 0.15) is 19.8 Å². The van der Waals surface area contributed by atoms with Gasteiger partial charge in [-0.1, -0.05) is 0 Å². The minimum Gasteiger partial charge on any atom is -0.382 e. The first kappa shape index (κ1) is 12.9. The highest BCUT2D eigenvalue weighted by Crippen LogP contribution is 2.19. The van der Waals surface area contributed by atoms with E-state index in [4.69, 9.17) is 9.57 Å². The maximum absolute atomic E-state index is 5.33. The van der Waals surface area contributed by atoms with Crippen LogP contribution >= 0.6 is 0 Å². The number of ether oxygens (including phenoxy) is 1. The lowest BCUT2D eigenvalue weighted by Crippen LogP contribution is -2.41. The first-order chi connectivity index (χ1) is 7.24. The number of methoxy groups -OCH3 is 1. The Bertz CT molecular complexity index is 159. The molecule has 1 atom stereocenters. The number of hydrogen-bond acceptors (Lipinski definition) is 4. The van der Waals surface area contributed by atoms with Gasteiger partial charge in [0.15, 0.2) is 0 Å². The van der Waals surface area contributed by atoms with E-state index < -0.39 is 0 Å².